The highest BCUT2D eigenvalue weighted by Gasteiger charge is 2.20. The molecule has 1 atom stereocenters. The van der Waals surface area contributed by atoms with Crippen LogP contribution in [0.1, 0.15) is 39.2 Å². The summed E-state index contributed by atoms with van der Waals surface area (Å²) in [5.74, 6) is -0.293. The molecule has 0 aliphatic carbocycles. The second-order valence-corrected chi connectivity index (χ2v) is 8.25. The smallest absolute Gasteiger partial charge is 0.274 e. The number of nitriles is 1. The van der Waals surface area contributed by atoms with Crippen LogP contribution in [0.5, 0.6) is 0 Å². The molecule has 6 nitrogen and oxygen atoms in total. The van der Waals surface area contributed by atoms with Crippen LogP contribution in [0.15, 0.2) is 61.3 Å². The highest BCUT2D eigenvalue weighted by atomic mass is 16.3. The lowest BCUT2D eigenvalue weighted by Crippen LogP contribution is -2.21. The summed E-state index contributed by atoms with van der Waals surface area (Å²) in [7, 11) is 0. The van der Waals surface area contributed by atoms with Gasteiger partial charge < -0.3 is 10.4 Å². The van der Waals surface area contributed by atoms with Gasteiger partial charge in [-0.15, -0.1) is 0 Å². The third-order valence-electron chi connectivity index (χ3n) is 6.01. The van der Waals surface area contributed by atoms with E-state index in [1.165, 1.54) is 0 Å². The molecular weight excluding hydrogens is 412 g/mol. The summed E-state index contributed by atoms with van der Waals surface area (Å²) in [6, 6.07) is 17.2. The van der Waals surface area contributed by atoms with Crippen LogP contribution < -0.4 is 5.32 Å². The minimum Gasteiger partial charge on any atom is -0.392 e. The van der Waals surface area contributed by atoms with Crippen LogP contribution in [-0.2, 0) is 6.54 Å². The van der Waals surface area contributed by atoms with E-state index in [0.29, 0.717) is 30.0 Å². The molecule has 1 amide bonds. The lowest BCUT2D eigenvalue weighted by Gasteiger charge is -2.15. The minimum absolute atomic E-state index is 0.259. The first kappa shape index (κ1) is 22.4. The average molecular weight is 439 g/mol. The van der Waals surface area contributed by atoms with Crippen LogP contribution in [0.25, 0.3) is 17.2 Å². The van der Waals surface area contributed by atoms with Crippen molar-refractivity contribution >= 4 is 17.7 Å². The summed E-state index contributed by atoms with van der Waals surface area (Å²) in [5, 5.41) is 22.3. The fourth-order valence-corrected chi connectivity index (χ4v) is 4.21. The third kappa shape index (κ3) is 4.85. The number of rotatable bonds is 6. The van der Waals surface area contributed by atoms with Gasteiger partial charge in [0.15, 0.2) is 0 Å². The molecule has 166 valence electrons. The zero-order valence-electron chi connectivity index (χ0n) is 18.6. The molecule has 3 aromatic rings. The molecule has 0 saturated carbocycles. The number of likely N-dealkylation sites (tertiary alicyclic amines) is 1. The number of aromatic nitrogens is 1. The monoisotopic (exact) mass is 438 g/mol. The Balaban J connectivity index is 1.53. The van der Waals surface area contributed by atoms with E-state index in [-0.39, 0.29) is 12.0 Å². The topological polar surface area (TPSA) is 89.2 Å². The molecule has 6 heteroatoms. The van der Waals surface area contributed by atoms with Gasteiger partial charge in [0.25, 0.3) is 5.91 Å². The lowest BCUT2D eigenvalue weighted by molar-refractivity contribution is 0.102. The van der Waals surface area contributed by atoms with Crippen LogP contribution in [0.2, 0.25) is 0 Å². The molecule has 1 saturated heterocycles. The van der Waals surface area contributed by atoms with Crippen molar-refractivity contribution in [1.82, 2.24) is 9.88 Å². The number of nitrogens with zero attached hydrogens (tertiary/aromatic N) is 3. The van der Waals surface area contributed by atoms with E-state index in [9.17, 15) is 15.2 Å². The molecule has 0 unspecified atom stereocenters. The molecule has 1 aliphatic heterocycles. The van der Waals surface area contributed by atoms with E-state index >= 15 is 0 Å². The quantitative estimate of drug-likeness (QED) is 0.596. The molecule has 33 heavy (non-hydrogen) atoms. The third-order valence-corrected chi connectivity index (χ3v) is 6.01. The standard InChI is InChI=1S/C27H26N4O2/c1-3-20-6-4-8-23(24(20)14-28)22-7-5-9-25(18(22)2)30-27(33)26-11-10-19(15-29-26)16-31-13-12-21(32)17-31/h3-11,15,21,32H,1,12-13,16-17H2,2H3,(H,30,33)/t21-/m1/s1. The molecule has 0 radical (unpaired) electrons. The number of nitrogens with one attached hydrogen (secondary N) is 1. The van der Waals surface area contributed by atoms with Gasteiger partial charge >= 0.3 is 0 Å². The van der Waals surface area contributed by atoms with Crippen LogP contribution in [0.3, 0.4) is 0 Å². The maximum absolute atomic E-state index is 12.9. The number of aliphatic hydroxyl groups excluding tert-OH is 1. The normalized spacial score (nSPS) is 15.7. The molecule has 4 rings (SSSR count). The molecule has 1 fully saturated rings. The Morgan fingerprint density at radius 2 is 2.06 bits per heavy atom. The van der Waals surface area contributed by atoms with E-state index in [1.54, 1.807) is 18.3 Å². The molecule has 0 spiro atoms. The summed E-state index contributed by atoms with van der Waals surface area (Å²) < 4.78 is 0. The molecule has 2 heterocycles. The van der Waals surface area contributed by atoms with Crippen molar-refractivity contribution < 1.29 is 9.90 Å². The van der Waals surface area contributed by atoms with Crippen LogP contribution >= 0.6 is 0 Å². The van der Waals surface area contributed by atoms with Gasteiger partial charge in [0.1, 0.15) is 11.8 Å². The van der Waals surface area contributed by atoms with Gasteiger partial charge in [-0.3, -0.25) is 14.7 Å². The summed E-state index contributed by atoms with van der Waals surface area (Å²) in [4.78, 5) is 19.4. The van der Waals surface area contributed by atoms with Crippen molar-refractivity contribution in [3.8, 4) is 17.2 Å². The molecular formula is C27H26N4O2. The van der Waals surface area contributed by atoms with E-state index in [1.807, 2.05) is 49.4 Å². The molecule has 2 aromatic carbocycles. The van der Waals surface area contributed by atoms with E-state index < -0.39 is 0 Å². The largest absolute Gasteiger partial charge is 0.392 e. The van der Waals surface area contributed by atoms with Gasteiger partial charge in [-0.2, -0.15) is 5.26 Å². The Hall–Kier alpha value is -3.79. The van der Waals surface area contributed by atoms with Crippen molar-refractivity contribution in [3.05, 3.63) is 89.3 Å². The Labute approximate surface area is 193 Å². The second-order valence-electron chi connectivity index (χ2n) is 8.25. The number of carbonyl (C=O) groups is 1. The number of hydrogen-bond acceptors (Lipinski definition) is 5. The lowest BCUT2D eigenvalue weighted by atomic mass is 9.92. The number of aliphatic hydroxyl groups is 1. The fourth-order valence-electron chi connectivity index (χ4n) is 4.21. The average Bonchev–Trinajstić information content (AvgIpc) is 3.24. The van der Waals surface area contributed by atoms with Crippen molar-refractivity contribution in [1.29, 1.82) is 5.26 Å². The molecule has 0 bridgehead atoms. The van der Waals surface area contributed by atoms with Gasteiger partial charge in [0.05, 0.1) is 11.7 Å². The SMILES string of the molecule is C=Cc1cccc(-c2cccc(NC(=O)c3ccc(CN4CC[C@@H](O)C4)cn3)c2C)c1C#N. The maximum Gasteiger partial charge on any atom is 0.274 e. The highest BCUT2D eigenvalue weighted by Crippen LogP contribution is 2.32. The van der Waals surface area contributed by atoms with Gasteiger partial charge in [-0.05, 0) is 47.7 Å². The summed E-state index contributed by atoms with van der Waals surface area (Å²) >= 11 is 0. The zero-order valence-corrected chi connectivity index (χ0v) is 18.6. The predicted molar refractivity (Wildman–Crippen MR) is 130 cm³/mol. The van der Waals surface area contributed by atoms with Crippen molar-refractivity contribution in [2.24, 2.45) is 0 Å². The fraction of sp³-hybridized carbons (Fsp3) is 0.222. The van der Waals surface area contributed by atoms with E-state index in [4.69, 9.17) is 0 Å². The van der Waals surface area contributed by atoms with Crippen molar-refractivity contribution in [2.45, 2.75) is 26.0 Å². The zero-order chi connectivity index (χ0) is 23.4. The first-order valence-electron chi connectivity index (χ1n) is 10.9. The number of β-amino-alcohol motifs (C(OH)–C–C–N with tert-alkyl or cyclic N) is 1. The van der Waals surface area contributed by atoms with E-state index in [0.717, 1.165) is 40.8 Å². The summed E-state index contributed by atoms with van der Waals surface area (Å²) in [6.45, 7) is 7.96. The number of carbonyl (C=O) groups excluding carboxylic acids is 1. The number of anilines is 1. The van der Waals surface area contributed by atoms with Crippen LogP contribution in [-0.4, -0.2) is 40.1 Å². The first-order valence-corrected chi connectivity index (χ1v) is 10.9. The second kappa shape index (κ2) is 9.78. The molecule has 1 aromatic heterocycles. The van der Waals surface area contributed by atoms with Gasteiger partial charge in [-0.1, -0.05) is 49.1 Å². The number of benzene rings is 2. The maximum atomic E-state index is 12.9. The number of pyridine rings is 1. The van der Waals surface area contributed by atoms with E-state index in [2.05, 4.69) is 27.8 Å². The number of hydrogen-bond donors (Lipinski definition) is 2. The Morgan fingerprint density at radius 3 is 2.73 bits per heavy atom. The van der Waals surface area contributed by atoms with Crippen LogP contribution in [0.4, 0.5) is 5.69 Å². The molecule has 2 N–H and O–H groups in total. The Morgan fingerprint density at radius 1 is 1.27 bits per heavy atom. The Kier molecular flexibility index (Phi) is 6.64. The molecule has 1 aliphatic rings. The highest BCUT2D eigenvalue weighted by molar-refractivity contribution is 6.03. The minimum atomic E-state index is -0.293. The van der Waals surface area contributed by atoms with Crippen molar-refractivity contribution in [2.75, 3.05) is 18.4 Å². The van der Waals surface area contributed by atoms with Gasteiger partial charge in [0.2, 0.25) is 0 Å². The van der Waals surface area contributed by atoms with Crippen LogP contribution in [0, 0.1) is 18.3 Å². The summed E-state index contributed by atoms with van der Waals surface area (Å²) in [6.07, 6.45) is 3.91. The first-order chi connectivity index (χ1) is 16.0. The van der Waals surface area contributed by atoms with Crippen molar-refractivity contribution in [3.63, 3.8) is 0 Å². The van der Waals surface area contributed by atoms with Gasteiger partial charge in [0, 0.05) is 37.1 Å². The predicted octanol–water partition coefficient (Wildman–Crippen LogP) is 4.39. The number of amides is 1. The Bertz CT molecular complexity index is 1230. The summed E-state index contributed by atoms with van der Waals surface area (Å²) in [5.41, 5.74) is 5.89. The van der Waals surface area contributed by atoms with Gasteiger partial charge in [-0.25, -0.2) is 0 Å².